The van der Waals surface area contributed by atoms with Crippen LogP contribution < -0.4 is 4.74 Å². The van der Waals surface area contributed by atoms with E-state index in [0.717, 1.165) is 24.3 Å². The summed E-state index contributed by atoms with van der Waals surface area (Å²) in [6.45, 7) is 0.807. The molecule has 0 saturated carbocycles. The number of rotatable bonds is 8. The predicted molar refractivity (Wildman–Crippen MR) is 92.4 cm³/mol. The predicted octanol–water partition coefficient (Wildman–Crippen LogP) is 5.35. The number of hydrogen-bond donors (Lipinski definition) is 1. The van der Waals surface area contributed by atoms with Gasteiger partial charge in [0.25, 0.3) is 0 Å². The van der Waals surface area contributed by atoms with Crippen molar-refractivity contribution in [1.82, 2.24) is 4.98 Å². The summed E-state index contributed by atoms with van der Waals surface area (Å²) >= 11 is 0. The van der Waals surface area contributed by atoms with Crippen molar-refractivity contribution in [2.24, 2.45) is 0 Å². The van der Waals surface area contributed by atoms with E-state index in [1.807, 2.05) is 12.3 Å². The maximum absolute atomic E-state index is 5.83. The first-order valence-electron chi connectivity index (χ1n) is 8.16. The van der Waals surface area contributed by atoms with Crippen molar-refractivity contribution < 1.29 is 4.74 Å². The van der Waals surface area contributed by atoms with E-state index >= 15 is 0 Å². The van der Waals surface area contributed by atoms with Crippen molar-refractivity contribution in [3.8, 4) is 5.75 Å². The normalized spacial score (nSPS) is 10.9. The van der Waals surface area contributed by atoms with Gasteiger partial charge in [0, 0.05) is 17.1 Å². The second-order valence-electron chi connectivity index (χ2n) is 5.73. The van der Waals surface area contributed by atoms with Crippen LogP contribution in [-0.4, -0.2) is 11.6 Å². The van der Waals surface area contributed by atoms with E-state index in [-0.39, 0.29) is 0 Å². The third-order valence-electron chi connectivity index (χ3n) is 4.00. The molecular weight excluding hydrogens is 270 g/mol. The summed E-state index contributed by atoms with van der Waals surface area (Å²) in [5.41, 5.74) is 2.60. The van der Waals surface area contributed by atoms with Crippen molar-refractivity contribution >= 4 is 10.9 Å². The molecule has 0 aliphatic rings. The average Bonchev–Trinajstić information content (AvgIpc) is 3.02. The van der Waals surface area contributed by atoms with Gasteiger partial charge in [0.15, 0.2) is 0 Å². The lowest BCUT2D eigenvalue weighted by Crippen LogP contribution is -1.97. The van der Waals surface area contributed by atoms with Gasteiger partial charge >= 0.3 is 0 Å². The maximum atomic E-state index is 5.83. The molecule has 3 aromatic rings. The van der Waals surface area contributed by atoms with Gasteiger partial charge in [-0.3, -0.25) is 0 Å². The molecule has 2 heteroatoms. The van der Waals surface area contributed by atoms with Gasteiger partial charge in [0.05, 0.1) is 6.61 Å². The highest BCUT2D eigenvalue weighted by Gasteiger charge is 1.98. The van der Waals surface area contributed by atoms with Crippen LogP contribution in [0.1, 0.15) is 31.2 Å². The van der Waals surface area contributed by atoms with E-state index in [1.165, 1.54) is 36.6 Å². The minimum Gasteiger partial charge on any atom is -0.494 e. The number of aromatic amines is 1. The monoisotopic (exact) mass is 293 g/mol. The molecule has 1 N–H and O–H groups in total. The Kier molecular flexibility index (Phi) is 5.14. The summed E-state index contributed by atoms with van der Waals surface area (Å²) in [7, 11) is 0. The third-order valence-corrected chi connectivity index (χ3v) is 4.00. The molecule has 0 unspecified atom stereocenters. The second-order valence-corrected chi connectivity index (χ2v) is 5.73. The zero-order chi connectivity index (χ0) is 15.0. The van der Waals surface area contributed by atoms with Crippen LogP contribution in [0.2, 0.25) is 0 Å². The number of unbranched alkanes of at least 4 members (excludes halogenated alkanes) is 3. The number of aryl methyl sites for hydroxylation is 1. The van der Waals surface area contributed by atoms with E-state index in [9.17, 15) is 0 Å². The van der Waals surface area contributed by atoms with Gasteiger partial charge in [0.1, 0.15) is 5.75 Å². The summed E-state index contributed by atoms with van der Waals surface area (Å²) in [6.07, 6.45) is 8.04. The molecule has 1 aromatic heterocycles. The number of ether oxygens (including phenoxy) is 1. The third kappa shape index (κ3) is 4.14. The van der Waals surface area contributed by atoms with Crippen molar-refractivity contribution in [1.29, 1.82) is 0 Å². The summed E-state index contributed by atoms with van der Waals surface area (Å²) < 4.78 is 5.83. The highest BCUT2D eigenvalue weighted by atomic mass is 16.5. The van der Waals surface area contributed by atoms with Crippen LogP contribution in [0.4, 0.5) is 0 Å². The fourth-order valence-corrected chi connectivity index (χ4v) is 2.74. The Labute approximate surface area is 132 Å². The Hall–Kier alpha value is -2.22. The lowest BCUT2D eigenvalue weighted by molar-refractivity contribution is 0.305. The van der Waals surface area contributed by atoms with Gasteiger partial charge < -0.3 is 9.72 Å². The van der Waals surface area contributed by atoms with Gasteiger partial charge in [-0.15, -0.1) is 0 Å². The molecular formula is C20H23NO. The maximum Gasteiger partial charge on any atom is 0.120 e. The molecule has 0 saturated heterocycles. The van der Waals surface area contributed by atoms with Crippen LogP contribution in [0, 0.1) is 0 Å². The molecule has 0 aliphatic carbocycles. The van der Waals surface area contributed by atoms with Crippen LogP contribution in [-0.2, 0) is 6.42 Å². The zero-order valence-corrected chi connectivity index (χ0v) is 12.9. The molecule has 0 fully saturated rings. The number of benzene rings is 2. The van der Waals surface area contributed by atoms with Crippen molar-refractivity contribution in [3.63, 3.8) is 0 Å². The van der Waals surface area contributed by atoms with Crippen molar-refractivity contribution in [2.75, 3.05) is 6.61 Å². The molecule has 2 nitrogen and oxygen atoms in total. The van der Waals surface area contributed by atoms with E-state index < -0.39 is 0 Å². The fraction of sp³-hybridized carbons (Fsp3) is 0.300. The van der Waals surface area contributed by atoms with Gasteiger partial charge in [-0.05, 0) is 49.1 Å². The second kappa shape index (κ2) is 7.69. The number of nitrogens with one attached hydrogen (secondary N) is 1. The Balaban J connectivity index is 1.30. The summed E-state index contributed by atoms with van der Waals surface area (Å²) in [4.78, 5) is 3.20. The largest absolute Gasteiger partial charge is 0.494 e. The first kappa shape index (κ1) is 14.7. The molecule has 0 spiro atoms. The lowest BCUT2D eigenvalue weighted by Gasteiger charge is -2.06. The number of hydrogen-bond acceptors (Lipinski definition) is 1. The van der Waals surface area contributed by atoms with Crippen LogP contribution in [0.3, 0.4) is 0 Å². The summed E-state index contributed by atoms with van der Waals surface area (Å²) in [5.74, 6) is 0.969. The number of fused-ring (bicyclic) bond motifs is 1. The Morgan fingerprint density at radius 3 is 2.59 bits per heavy atom. The molecule has 0 radical (unpaired) electrons. The van der Waals surface area contributed by atoms with Crippen molar-refractivity contribution in [2.45, 2.75) is 32.1 Å². The molecule has 22 heavy (non-hydrogen) atoms. The minimum absolute atomic E-state index is 0.807. The first-order valence-corrected chi connectivity index (χ1v) is 8.16. The summed E-state index contributed by atoms with van der Waals surface area (Å²) in [6, 6.07) is 19.0. The van der Waals surface area contributed by atoms with Crippen molar-refractivity contribution in [3.05, 3.63) is 66.4 Å². The molecule has 3 rings (SSSR count). The van der Waals surface area contributed by atoms with E-state index in [4.69, 9.17) is 4.74 Å². The van der Waals surface area contributed by atoms with Gasteiger partial charge in [0.2, 0.25) is 0 Å². The topological polar surface area (TPSA) is 25.0 Å². The Morgan fingerprint density at radius 2 is 1.68 bits per heavy atom. The Bertz CT molecular complexity index is 687. The van der Waals surface area contributed by atoms with Crippen LogP contribution >= 0.6 is 0 Å². The smallest absolute Gasteiger partial charge is 0.120 e. The highest BCUT2D eigenvalue weighted by molar-refractivity contribution is 5.80. The molecule has 1 heterocycles. The van der Waals surface area contributed by atoms with Gasteiger partial charge in [-0.25, -0.2) is 0 Å². The van der Waals surface area contributed by atoms with Gasteiger partial charge in [-0.1, -0.05) is 43.2 Å². The Morgan fingerprint density at radius 1 is 0.818 bits per heavy atom. The fourth-order valence-electron chi connectivity index (χ4n) is 2.74. The van der Waals surface area contributed by atoms with Crippen LogP contribution in [0.15, 0.2) is 60.8 Å². The molecule has 0 atom stereocenters. The summed E-state index contributed by atoms with van der Waals surface area (Å²) in [5, 5.41) is 1.21. The van der Waals surface area contributed by atoms with E-state index in [0.29, 0.717) is 0 Å². The number of H-pyrrole nitrogens is 1. The van der Waals surface area contributed by atoms with E-state index in [1.54, 1.807) is 0 Å². The van der Waals surface area contributed by atoms with E-state index in [2.05, 4.69) is 53.5 Å². The van der Waals surface area contributed by atoms with Crippen LogP contribution in [0.5, 0.6) is 5.75 Å². The van der Waals surface area contributed by atoms with Crippen LogP contribution in [0.25, 0.3) is 10.9 Å². The molecule has 114 valence electrons. The first-order chi connectivity index (χ1) is 10.9. The van der Waals surface area contributed by atoms with Gasteiger partial charge in [-0.2, -0.15) is 0 Å². The zero-order valence-electron chi connectivity index (χ0n) is 12.9. The minimum atomic E-state index is 0.807. The number of aromatic nitrogens is 1. The average molecular weight is 293 g/mol. The quantitative estimate of drug-likeness (QED) is 0.556. The molecule has 0 aliphatic heterocycles. The SMILES string of the molecule is c1ccc(CCCCCCOc2ccc3[nH]ccc3c2)cc1. The standard InChI is InChI=1S/C20H23NO/c1(4-8-17-9-5-3-6-10-17)2-7-15-22-19-11-12-20-18(16-19)13-14-21-20/h3,5-6,9-14,16,21H,1-2,4,7-8,15H2. The lowest BCUT2D eigenvalue weighted by atomic mass is 10.1. The highest BCUT2D eigenvalue weighted by Crippen LogP contribution is 2.20. The molecule has 2 aromatic carbocycles. The molecule has 0 bridgehead atoms. The molecule has 0 amide bonds.